The lowest BCUT2D eigenvalue weighted by Gasteiger charge is -2.14. The number of pyridine rings is 1. The van der Waals surface area contributed by atoms with Gasteiger partial charge in [-0.05, 0) is 30.3 Å². The Hall–Kier alpha value is -3.61. The van der Waals surface area contributed by atoms with E-state index in [1.807, 2.05) is 28.8 Å². The van der Waals surface area contributed by atoms with E-state index in [9.17, 15) is 18.0 Å². The average Bonchev–Trinajstić information content (AvgIpc) is 3.12. The number of carbonyl (C=O) groups excluding carboxylic acids is 1. The second kappa shape index (κ2) is 6.84. The zero-order valence-corrected chi connectivity index (χ0v) is 14.4. The molecule has 7 heteroatoms. The molecular weight excluding hydrogens is 367 g/mol. The van der Waals surface area contributed by atoms with Gasteiger partial charge in [-0.3, -0.25) is 4.79 Å². The second-order valence-electron chi connectivity index (χ2n) is 6.14. The van der Waals surface area contributed by atoms with Gasteiger partial charge < -0.3 is 9.72 Å². The van der Waals surface area contributed by atoms with Crippen molar-refractivity contribution in [2.45, 2.75) is 6.18 Å². The van der Waals surface area contributed by atoms with Crippen LogP contribution < -0.4 is 5.32 Å². The summed E-state index contributed by atoms with van der Waals surface area (Å²) >= 11 is 0. The largest absolute Gasteiger partial charge is 0.417 e. The van der Waals surface area contributed by atoms with Crippen molar-refractivity contribution in [1.82, 2.24) is 9.38 Å². The van der Waals surface area contributed by atoms with Gasteiger partial charge in [0.2, 0.25) is 0 Å². The molecule has 0 fully saturated rings. The van der Waals surface area contributed by atoms with E-state index in [1.165, 1.54) is 12.1 Å². The molecule has 0 bridgehead atoms. The Morgan fingerprint density at radius 3 is 2.43 bits per heavy atom. The highest BCUT2D eigenvalue weighted by atomic mass is 19.4. The van der Waals surface area contributed by atoms with Crippen LogP contribution in [0.5, 0.6) is 0 Å². The molecule has 4 nitrogen and oxygen atoms in total. The zero-order valence-electron chi connectivity index (χ0n) is 14.4. The van der Waals surface area contributed by atoms with Gasteiger partial charge in [-0.1, -0.05) is 36.4 Å². The van der Waals surface area contributed by atoms with Crippen LogP contribution in [0.4, 0.5) is 18.9 Å². The predicted molar refractivity (Wildman–Crippen MR) is 100 cm³/mol. The number of rotatable bonds is 3. The maximum atomic E-state index is 13.2. The first kappa shape index (κ1) is 17.8. The van der Waals surface area contributed by atoms with Crippen molar-refractivity contribution in [3.63, 3.8) is 0 Å². The first-order valence-electron chi connectivity index (χ1n) is 8.44. The van der Waals surface area contributed by atoms with Gasteiger partial charge in [-0.15, -0.1) is 0 Å². The Bertz CT molecular complexity index is 1130. The van der Waals surface area contributed by atoms with Crippen molar-refractivity contribution in [3.8, 4) is 11.3 Å². The predicted octanol–water partition coefficient (Wildman–Crippen LogP) is 5.27. The van der Waals surface area contributed by atoms with E-state index in [2.05, 4.69) is 10.3 Å². The van der Waals surface area contributed by atoms with Gasteiger partial charge in [0.15, 0.2) is 0 Å². The van der Waals surface area contributed by atoms with Gasteiger partial charge in [-0.25, -0.2) is 4.98 Å². The van der Waals surface area contributed by atoms with Crippen LogP contribution in [-0.4, -0.2) is 15.3 Å². The van der Waals surface area contributed by atoms with Gasteiger partial charge in [0.25, 0.3) is 5.91 Å². The van der Waals surface area contributed by atoms with E-state index in [0.29, 0.717) is 16.9 Å². The van der Waals surface area contributed by atoms with E-state index >= 15 is 0 Å². The fourth-order valence-electron chi connectivity index (χ4n) is 3.00. The number of nitrogens with zero attached hydrogens (tertiary/aromatic N) is 2. The lowest BCUT2D eigenvalue weighted by Crippen LogP contribution is -2.19. The number of amides is 1. The number of anilines is 1. The normalized spacial score (nSPS) is 11.5. The molecule has 0 atom stereocenters. The molecule has 2 aromatic heterocycles. The van der Waals surface area contributed by atoms with Gasteiger partial charge in [-0.2, -0.15) is 13.2 Å². The summed E-state index contributed by atoms with van der Waals surface area (Å²) in [7, 11) is 0. The number of benzene rings is 2. The molecule has 0 spiro atoms. The van der Waals surface area contributed by atoms with Crippen LogP contribution >= 0.6 is 0 Å². The van der Waals surface area contributed by atoms with Gasteiger partial charge in [0.1, 0.15) is 5.65 Å². The molecule has 0 aliphatic rings. The highest BCUT2D eigenvalue weighted by molar-refractivity contribution is 6.07. The highest BCUT2D eigenvalue weighted by Gasteiger charge is 2.34. The van der Waals surface area contributed by atoms with E-state index in [0.717, 1.165) is 17.8 Å². The first-order valence-corrected chi connectivity index (χ1v) is 8.44. The van der Waals surface area contributed by atoms with Crippen molar-refractivity contribution in [2.24, 2.45) is 0 Å². The van der Waals surface area contributed by atoms with Crippen LogP contribution in [0, 0.1) is 0 Å². The van der Waals surface area contributed by atoms with E-state index in [-0.39, 0.29) is 0 Å². The summed E-state index contributed by atoms with van der Waals surface area (Å²) in [4.78, 5) is 17.1. The van der Waals surface area contributed by atoms with E-state index in [4.69, 9.17) is 0 Å². The van der Waals surface area contributed by atoms with Crippen molar-refractivity contribution in [3.05, 3.63) is 90.3 Å². The second-order valence-corrected chi connectivity index (χ2v) is 6.14. The Morgan fingerprint density at radius 2 is 1.64 bits per heavy atom. The minimum absolute atomic E-state index is 0.382. The number of nitrogens with one attached hydrogen (secondary N) is 1. The third kappa shape index (κ3) is 3.34. The molecule has 140 valence electrons. The van der Waals surface area contributed by atoms with Crippen LogP contribution in [0.2, 0.25) is 0 Å². The molecule has 0 saturated heterocycles. The van der Waals surface area contributed by atoms with Crippen molar-refractivity contribution < 1.29 is 18.0 Å². The SMILES string of the molecule is O=C(Nc1ccccc1-c1cn2ccccc2n1)c1ccccc1C(F)(F)F. The van der Waals surface area contributed by atoms with Crippen molar-refractivity contribution in [1.29, 1.82) is 0 Å². The molecule has 2 heterocycles. The number of carbonyl (C=O) groups is 1. The Morgan fingerprint density at radius 1 is 0.929 bits per heavy atom. The average molecular weight is 381 g/mol. The molecule has 2 aromatic carbocycles. The molecule has 0 radical (unpaired) electrons. The standard InChI is InChI=1S/C21H14F3N3O/c22-21(23,24)16-9-3-1-7-14(16)20(28)26-17-10-4-2-8-15(17)18-13-27-12-6-5-11-19(27)25-18/h1-13H,(H,26,28). The van der Waals surface area contributed by atoms with Gasteiger partial charge in [0, 0.05) is 18.0 Å². The number of para-hydroxylation sites is 1. The number of hydrogen-bond acceptors (Lipinski definition) is 2. The molecule has 1 amide bonds. The number of aromatic nitrogens is 2. The van der Waals surface area contributed by atoms with Crippen LogP contribution in [0.15, 0.2) is 79.1 Å². The molecule has 0 saturated carbocycles. The van der Waals surface area contributed by atoms with Crippen LogP contribution in [0.1, 0.15) is 15.9 Å². The van der Waals surface area contributed by atoms with Crippen LogP contribution in [0.25, 0.3) is 16.9 Å². The molecule has 4 aromatic rings. The Labute approximate surface area is 158 Å². The topological polar surface area (TPSA) is 46.4 Å². The quantitative estimate of drug-likeness (QED) is 0.525. The third-order valence-corrected chi connectivity index (χ3v) is 4.29. The third-order valence-electron chi connectivity index (χ3n) is 4.29. The summed E-state index contributed by atoms with van der Waals surface area (Å²) in [6.07, 6.45) is -0.981. The van der Waals surface area contributed by atoms with Crippen LogP contribution in [-0.2, 0) is 6.18 Å². The maximum Gasteiger partial charge on any atom is 0.417 e. The summed E-state index contributed by atoms with van der Waals surface area (Å²) in [6, 6.07) is 17.1. The summed E-state index contributed by atoms with van der Waals surface area (Å²) in [5.74, 6) is -0.830. The molecule has 0 unspecified atom stereocenters. The molecule has 0 aliphatic heterocycles. The van der Waals surface area contributed by atoms with E-state index in [1.54, 1.807) is 30.5 Å². The molecule has 1 N–H and O–H groups in total. The molecule has 0 aliphatic carbocycles. The van der Waals surface area contributed by atoms with E-state index < -0.39 is 23.2 Å². The fourth-order valence-corrected chi connectivity index (χ4v) is 3.00. The summed E-state index contributed by atoms with van der Waals surface area (Å²) in [5.41, 5.74) is 0.918. The Balaban J connectivity index is 1.71. The van der Waals surface area contributed by atoms with Gasteiger partial charge >= 0.3 is 6.18 Å². The number of hydrogen-bond donors (Lipinski definition) is 1. The lowest BCUT2D eigenvalue weighted by molar-refractivity contribution is -0.137. The first-order chi connectivity index (χ1) is 13.4. The Kier molecular flexibility index (Phi) is 4.35. The lowest BCUT2D eigenvalue weighted by atomic mass is 10.1. The number of imidazole rings is 1. The molecular formula is C21H14F3N3O. The minimum atomic E-state index is -4.62. The molecule has 4 rings (SSSR count). The maximum absolute atomic E-state index is 13.2. The number of alkyl halides is 3. The monoisotopic (exact) mass is 381 g/mol. The zero-order chi connectivity index (χ0) is 19.7. The number of fused-ring (bicyclic) bond motifs is 1. The van der Waals surface area contributed by atoms with Crippen molar-refractivity contribution >= 4 is 17.2 Å². The summed E-state index contributed by atoms with van der Waals surface area (Å²) in [5, 5.41) is 2.59. The highest BCUT2D eigenvalue weighted by Crippen LogP contribution is 2.33. The molecule has 28 heavy (non-hydrogen) atoms. The van der Waals surface area contributed by atoms with Crippen LogP contribution in [0.3, 0.4) is 0 Å². The van der Waals surface area contributed by atoms with Crippen molar-refractivity contribution in [2.75, 3.05) is 5.32 Å². The minimum Gasteiger partial charge on any atom is -0.321 e. The number of halogens is 3. The summed E-state index contributed by atoms with van der Waals surface area (Å²) < 4.78 is 41.5. The fraction of sp³-hybridized carbons (Fsp3) is 0.0476. The smallest absolute Gasteiger partial charge is 0.321 e. The summed E-state index contributed by atoms with van der Waals surface area (Å²) in [6.45, 7) is 0. The van der Waals surface area contributed by atoms with Gasteiger partial charge in [0.05, 0.1) is 22.5 Å².